The summed E-state index contributed by atoms with van der Waals surface area (Å²) in [6.07, 6.45) is 1.18. The van der Waals surface area contributed by atoms with Gasteiger partial charge < -0.3 is 10.2 Å². The molecule has 0 spiro atoms. The van der Waals surface area contributed by atoms with E-state index in [0.717, 1.165) is 6.54 Å². The molecule has 1 unspecified atom stereocenters. The van der Waals surface area contributed by atoms with Crippen LogP contribution < -0.4 is 5.32 Å². The van der Waals surface area contributed by atoms with Gasteiger partial charge >= 0.3 is 0 Å². The van der Waals surface area contributed by atoms with Crippen LogP contribution in [0.15, 0.2) is 17.5 Å². The number of hydrogen-bond donors (Lipinski definition) is 1. The third kappa shape index (κ3) is 4.28. The van der Waals surface area contributed by atoms with Gasteiger partial charge in [-0.1, -0.05) is 13.0 Å². The van der Waals surface area contributed by atoms with Gasteiger partial charge in [-0.15, -0.1) is 11.3 Å². The number of thioether (sulfide) groups is 1. The summed E-state index contributed by atoms with van der Waals surface area (Å²) in [6, 6.07) is 4.93. The standard InChI is InChI=1S/C13H22N2S2/c1-2-12(13-4-3-9-17-13)14-5-6-15-7-10-16-11-8-15/h3-4,9,12,14H,2,5-8,10-11H2,1H3. The molecule has 1 atom stereocenters. The smallest absolute Gasteiger partial charge is 0.0412 e. The van der Waals surface area contributed by atoms with E-state index in [1.165, 1.54) is 42.4 Å². The maximum Gasteiger partial charge on any atom is 0.0412 e. The summed E-state index contributed by atoms with van der Waals surface area (Å²) < 4.78 is 0. The molecule has 0 saturated carbocycles. The summed E-state index contributed by atoms with van der Waals surface area (Å²) in [4.78, 5) is 4.05. The first-order valence-corrected chi connectivity index (χ1v) is 8.50. The van der Waals surface area contributed by atoms with E-state index in [0.29, 0.717) is 6.04 Å². The van der Waals surface area contributed by atoms with Gasteiger partial charge in [0, 0.05) is 48.6 Å². The van der Waals surface area contributed by atoms with Gasteiger partial charge in [0.25, 0.3) is 0 Å². The summed E-state index contributed by atoms with van der Waals surface area (Å²) in [5.41, 5.74) is 0. The molecule has 0 aliphatic carbocycles. The van der Waals surface area contributed by atoms with E-state index in [1.54, 1.807) is 0 Å². The third-order valence-corrected chi connectivity index (χ3v) is 5.15. The second-order valence-electron chi connectivity index (χ2n) is 4.38. The van der Waals surface area contributed by atoms with Gasteiger partial charge in [-0.2, -0.15) is 11.8 Å². The first kappa shape index (κ1) is 13.4. The molecule has 2 nitrogen and oxygen atoms in total. The van der Waals surface area contributed by atoms with Gasteiger partial charge in [0.1, 0.15) is 0 Å². The first-order valence-electron chi connectivity index (χ1n) is 6.47. The first-order chi connectivity index (χ1) is 8.40. The highest BCUT2D eigenvalue weighted by atomic mass is 32.2. The maximum absolute atomic E-state index is 3.68. The van der Waals surface area contributed by atoms with Crippen LogP contribution in [0.2, 0.25) is 0 Å². The average Bonchev–Trinajstić information content (AvgIpc) is 2.90. The molecule has 0 amide bonds. The molecule has 1 aromatic heterocycles. The largest absolute Gasteiger partial charge is 0.308 e. The van der Waals surface area contributed by atoms with Crippen LogP contribution in [0.1, 0.15) is 24.3 Å². The lowest BCUT2D eigenvalue weighted by Gasteiger charge is -2.27. The van der Waals surface area contributed by atoms with Crippen molar-refractivity contribution in [2.24, 2.45) is 0 Å². The Kier molecular flexibility index (Phi) is 5.85. The Bertz CT molecular complexity index is 294. The van der Waals surface area contributed by atoms with Crippen molar-refractivity contribution in [2.75, 3.05) is 37.7 Å². The van der Waals surface area contributed by atoms with E-state index in [9.17, 15) is 0 Å². The maximum atomic E-state index is 3.68. The molecule has 1 aromatic rings. The summed E-state index contributed by atoms with van der Waals surface area (Å²) in [5.74, 6) is 2.62. The Hall–Kier alpha value is -0.0300. The highest BCUT2D eigenvalue weighted by molar-refractivity contribution is 7.99. The van der Waals surface area contributed by atoms with E-state index in [-0.39, 0.29) is 0 Å². The lowest BCUT2D eigenvalue weighted by molar-refractivity contribution is 0.295. The molecule has 4 heteroatoms. The van der Waals surface area contributed by atoms with Gasteiger partial charge in [0.05, 0.1) is 0 Å². The zero-order valence-corrected chi connectivity index (χ0v) is 12.2. The molecule has 1 saturated heterocycles. The number of hydrogen-bond acceptors (Lipinski definition) is 4. The Morgan fingerprint density at radius 3 is 2.88 bits per heavy atom. The van der Waals surface area contributed by atoms with E-state index in [2.05, 4.69) is 46.4 Å². The normalized spacial score (nSPS) is 19.4. The Labute approximate surface area is 113 Å². The molecule has 1 aliphatic rings. The molecule has 2 heterocycles. The SMILES string of the molecule is CCC(NCCN1CCSCC1)c1cccs1. The van der Waals surface area contributed by atoms with Crippen LogP contribution in [0.25, 0.3) is 0 Å². The molecular formula is C13H22N2S2. The predicted molar refractivity (Wildman–Crippen MR) is 79.1 cm³/mol. The van der Waals surface area contributed by atoms with Crippen LogP contribution in [0.3, 0.4) is 0 Å². The van der Waals surface area contributed by atoms with Gasteiger partial charge in [0.15, 0.2) is 0 Å². The van der Waals surface area contributed by atoms with Crippen LogP contribution in [0.4, 0.5) is 0 Å². The number of nitrogens with zero attached hydrogens (tertiary/aromatic N) is 1. The highest BCUT2D eigenvalue weighted by Crippen LogP contribution is 2.21. The number of thiophene rings is 1. The molecule has 1 N–H and O–H groups in total. The minimum atomic E-state index is 0.550. The fourth-order valence-electron chi connectivity index (χ4n) is 2.16. The second kappa shape index (κ2) is 7.41. The van der Waals surface area contributed by atoms with Crippen LogP contribution in [0, 0.1) is 0 Å². The van der Waals surface area contributed by atoms with Crippen LogP contribution in [-0.2, 0) is 0 Å². The lowest BCUT2D eigenvalue weighted by atomic mass is 10.2. The lowest BCUT2D eigenvalue weighted by Crippen LogP contribution is -2.38. The van der Waals surface area contributed by atoms with E-state index in [4.69, 9.17) is 0 Å². The average molecular weight is 270 g/mol. The topological polar surface area (TPSA) is 15.3 Å². The van der Waals surface area contributed by atoms with Gasteiger partial charge in [-0.3, -0.25) is 0 Å². The molecule has 0 bridgehead atoms. The minimum Gasteiger partial charge on any atom is -0.308 e. The van der Waals surface area contributed by atoms with Crippen molar-refractivity contribution in [3.8, 4) is 0 Å². The quantitative estimate of drug-likeness (QED) is 0.856. The molecule has 2 rings (SSSR count). The molecule has 17 heavy (non-hydrogen) atoms. The van der Waals surface area contributed by atoms with Crippen molar-refractivity contribution in [3.05, 3.63) is 22.4 Å². The van der Waals surface area contributed by atoms with Crippen molar-refractivity contribution in [1.82, 2.24) is 10.2 Å². The number of nitrogens with one attached hydrogen (secondary N) is 1. The molecule has 0 aromatic carbocycles. The van der Waals surface area contributed by atoms with Gasteiger partial charge in [-0.25, -0.2) is 0 Å². The van der Waals surface area contributed by atoms with Crippen molar-refractivity contribution in [3.63, 3.8) is 0 Å². The fourth-order valence-corrected chi connectivity index (χ4v) is 4.02. The van der Waals surface area contributed by atoms with Crippen LogP contribution in [0.5, 0.6) is 0 Å². The molecule has 0 radical (unpaired) electrons. The van der Waals surface area contributed by atoms with E-state index < -0.39 is 0 Å². The zero-order chi connectivity index (χ0) is 11.9. The van der Waals surface area contributed by atoms with Crippen molar-refractivity contribution in [1.29, 1.82) is 0 Å². The van der Waals surface area contributed by atoms with Crippen LogP contribution in [-0.4, -0.2) is 42.6 Å². The summed E-state index contributed by atoms with van der Waals surface area (Å²) >= 11 is 3.94. The Morgan fingerprint density at radius 2 is 2.24 bits per heavy atom. The Morgan fingerprint density at radius 1 is 1.41 bits per heavy atom. The minimum absolute atomic E-state index is 0.550. The van der Waals surface area contributed by atoms with E-state index >= 15 is 0 Å². The van der Waals surface area contributed by atoms with Crippen molar-refractivity contribution < 1.29 is 0 Å². The summed E-state index contributed by atoms with van der Waals surface area (Å²) in [7, 11) is 0. The molecule has 96 valence electrons. The Balaban J connectivity index is 1.69. The monoisotopic (exact) mass is 270 g/mol. The van der Waals surface area contributed by atoms with Gasteiger partial charge in [-0.05, 0) is 17.9 Å². The van der Waals surface area contributed by atoms with Crippen molar-refractivity contribution in [2.45, 2.75) is 19.4 Å². The van der Waals surface area contributed by atoms with Crippen LogP contribution >= 0.6 is 23.1 Å². The molecule has 1 fully saturated rings. The predicted octanol–water partition coefficient (Wildman–Crippen LogP) is 2.84. The molecule has 1 aliphatic heterocycles. The zero-order valence-electron chi connectivity index (χ0n) is 10.5. The fraction of sp³-hybridized carbons (Fsp3) is 0.692. The van der Waals surface area contributed by atoms with Crippen molar-refractivity contribution >= 4 is 23.1 Å². The second-order valence-corrected chi connectivity index (χ2v) is 6.59. The number of rotatable bonds is 6. The third-order valence-electron chi connectivity index (χ3n) is 3.22. The van der Waals surface area contributed by atoms with E-state index in [1.807, 2.05) is 11.3 Å². The summed E-state index contributed by atoms with van der Waals surface area (Å²) in [6.45, 7) is 7.10. The van der Waals surface area contributed by atoms with Gasteiger partial charge in [0.2, 0.25) is 0 Å². The molecular weight excluding hydrogens is 248 g/mol. The highest BCUT2D eigenvalue weighted by Gasteiger charge is 2.12. The summed E-state index contributed by atoms with van der Waals surface area (Å²) in [5, 5.41) is 5.85.